The minimum atomic E-state index is -2.62. The summed E-state index contributed by atoms with van der Waals surface area (Å²) < 4.78 is 9.69. The Hall–Kier alpha value is -2.35. The number of carbonyl (C=O) groups excluding carboxylic acids is 3. The summed E-state index contributed by atoms with van der Waals surface area (Å²) >= 11 is 0. The average Bonchev–Trinajstić information content (AvgIpc) is 2.74. The molecule has 2 heterocycles. The van der Waals surface area contributed by atoms with E-state index in [9.17, 15) is 19.5 Å². The Kier molecular flexibility index (Phi) is 2.36. The van der Waals surface area contributed by atoms with Crippen LogP contribution in [-0.2, 0) is 15.2 Å². The minimum absolute atomic E-state index is 0.0205. The molecule has 3 N–H and O–H groups in total. The Morgan fingerprint density at radius 2 is 1.88 bits per heavy atom. The molecule has 1 aromatic rings. The number of urea groups is 1. The summed E-state index contributed by atoms with van der Waals surface area (Å²) in [6.07, 6.45) is 1.14. The van der Waals surface area contributed by atoms with Crippen LogP contribution in [-0.4, -0.2) is 30.1 Å². The van der Waals surface area contributed by atoms with E-state index < -0.39 is 23.4 Å². The molecule has 4 amide bonds. The van der Waals surface area contributed by atoms with Crippen molar-refractivity contribution in [2.45, 2.75) is 5.60 Å². The highest BCUT2D eigenvalue weighted by atomic mass is 16.5. The zero-order chi connectivity index (χ0) is 12.6. The van der Waals surface area contributed by atoms with E-state index in [0.29, 0.717) is 0 Å². The molecule has 0 bridgehead atoms. The predicted molar refractivity (Wildman–Crippen MR) is 50.8 cm³/mol. The molecule has 1 aromatic heterocycles. The van der Waals surface area contributed by atoms with Crippen LogP contribution in [0.1, 0.15) is 5.76 Å². The highest BCUT2D eigenvalue weighted by molar-refractivity contribution is 6.21. The first-order valence-electron chi connectivity index (χ1n) is 4.51. The van der Waals surface area contributed by atoms with E-state index in [2.05, 4.69) is 0 Å². The molecular weight excluding hydrogens is 232 g/mol. The number of ether oxygens (including phenoxy) is 1. The van der Waals surface area contributed by atoms with Gasteiger partial charge in [-0.25, -0.2) is 4.79 Å². The van der Waals surface area contributed by atoms with Crippen LogP contribution >= 0.6 is 0 Å². The second kappa shape index (κ2) is 3.59. The van der Waals surface area contributed by atoms with Crippen molar-refractivity contribution in [1.29, 1.82) is 0 Å². The SMILES string of the molecule is COc1ccoc1C1(O)C(=O)NC(=O)NC1=O. The number of nitrogens with one attached hydrogen (secondary N) is 2. The molecule has 0 saturated carbocycles. The van der Waals surface area contributed by atoms with Gasteiger partial charge in [0.2, 0.25) is 0 Å². The molecule has 1 aliphatic rings. The van der Waals surface area contributed by atoms with Gasteiger partial charge in [0.1, 0.15) is 0 Å². The molecule has 0 unspecified atom stereocenters. The number of hydrogen-bond acceptors (Lipinski definition) is 6. The van der Waals surface area contributed by atoms with Crippen molar-refractivity contribution in [1.82, 2.24) is 10.6 Å². The zero-order valence-corrected chi connectivity index (χ0v) is 8.64. The number of aliphatic hydroxyl groups is 1. The summed E-state index contributed by atoms with van der Waals surface area (Å²) in [5, 5.41) is 13.6. The van der Waals surface area contributed by atoms with Gasteiger partial charge in [0.15, 0.2) is 11.5 Å². The summed E-state index contributed by atoms with van der Waals surface area (Å²) in [6.45, 7) is 0. The van der Waals surface area contributed by atoms with E-state index in [4.69, 9.17) is 9.15 Å². The maximum Gasteiger partial charge on any atom is 0.328 e. The third-order valence-corrected chi connectivity index (χ3v) is 2.29. The van der Waals surface area contributed by atoms with Crippen LogP contribution in [0.5, 0.6) is 5.75 Å². The lowest BCUT2D eigenvalue weighted by atomic mass is 9.96. The van der Waals surface area contributed by atoms with E-state index in [0.717, 1.165) is 6.26 Å². The normalized spacial score (nSPS) is 18.6. The molecule has 1 aliphatic heterocycles. The summed E-state index contributed by atoms with van der Waals surface area (Å²) in [7, 11) is 1.28. The maximum atomic E-state index is 11.5. The van der Waals surface area contributed by atoms with Crippen LogP contribution in [0.2, 0.25) is 0 Å². The summed E-state index contributed by atoms with van der Waals surface area (Å²) in [6, 6.07) is 0.319. The Balaban J connectivity index is 2.51. The van der Waals surface area contributed by atoms with Gasteiger partial charge in [-0.05, 0) is 0 Å². The number of rotatable bonds is 2. The average molecular weight is 240 g/mol. The Labute approximate surface area is 94.5 Å². The van der Waals surface area contributed by atoms with Gasteiger partial charge in [-0.1, -0.05) is 0 Å². The van der Waals surface area contributed by atoms with Crippen LogP contribution in [0.4, 0.5) is 4.79 Å². The Morgan fingerprint density at radius 1 is 1.29 bits per heavy atom. The lowest BCUT2D eigenvalue weighted by molar-refractivity contribution is -0.157. The van der Waals surface area contributed by atoms with E-state index in [1.807, 2.05) is 0 Å². The van der Waals surface area contributed by atoms with Gasteiger partial charge in [0, 0.05) is 6.07 Å². The molecule has 1 fully saturated rings. The van der Waals surface area contributed by atoms with Gasteiger partial charge in [0.25, 0.3) is 17.4 Å². The molecule has 0 aromatic carbocycles. The summed E-state index contributed by atoms with van der Waals surface area (Å²) in [5.74, 6) is -2.76. The van der Waals surface area contributed by atoms with Crippen molar-refractivity contribution in [2.24, 2.45) is 0 Å². The van der Waals surface area contributed by atoms with E-state index in [1.165, 1.54) is 13.2 Å². The van der Waals surface area contributed by atoms with Gasteiger partial charge in [-0.15, -0.1) is 0 Å². The van der Waals surface area contributed by atoms with E-state index >= 15 is 0 Å². The predicted octanol–water partition coefficient (Wildman–Crippen LogP) is -1.16. The van der Waals surface area contributed by atoms with Crippen molar-refractivity contribution < 1.29 is 28.6 Å². The topological polar surface area (TPSA) is 118 Å². The van der Waals surface area contributed by atoms with Gasteiger partial charge >= 0.3 is 6.03 Å². The standard InChI is InChI=1S/C9H8N2O6/c1-16-4-2-3-17-5(4)9(15)6(12)10-8(14)11-7(9)13/h2-3,15H,1H3,(H2,10,11,12,13,14). The first-order valence-corrected chi connectivity index (χ1v) is 4.51. The Bertz CT molecular complexity index is 485. The third-order valence-electron chi connectivity index (χ3n) is 2.29. The number of carbonyl (C=O) groups is 3. The second-order valence-electron chi connectivity index (χ2n) is 3.27. The van der Waals surface area contributed by atoms with Crippen LogP contribution < -0.4 is 15.4 Å². The smallest absolute Gasteiger partial charge is 0.328 e. The summed E-state index contributed by atoms with van der Waals surface area (Å²) in [5.41, 5.74) is -2.62. The second-order valence-corrected chi connectivity index (χ2v) is 3.27. The number of methoxy groups -OCH3 is 1. The molecule has 0 spiro atoms. The van der Waals surface area contributed by atoms with E-state index in [1.54, 1.807) is 10.6 Å². The quantitative estimate of drug-likeness (QED) is 0.561. The lowest BCUT2D eigenvalue weighted by Gasteiger charge is -2.27. The van der Waals surface area contributed by atoms with Crippen molar-refractivity contribution in [3.05, 3.63) is 18.1 Å². The molecule has 2 rings (SSSR count). The molecule has 17 heavy (non-hydrogen) atoms. The van der Waals surface area contributed by atoms with Gasteiger partial charge in [-0.3, -0.25) is 20.2 Å². The number of amides is 4. The van der Waals surface area contributed by atoms with Crippen LogP contribution in [0, 0.1) is 0 Å². The molecule has 0 aliphatic carbocycles. The minimum Gasteiger partial charge on any atom is -0.493 e. The highest BCUT2D eigenvalue weighted by Gasteiger charge is 2.54. The van der Waals surface area contributed by atoms with Crippen molar-refractivity contribution in [3.8, 4) is 5.75 Å². The van der Waals surface area contributed by atoms with Crippen LogP contribution in [0.3, 0.4) is 0 Å². The Morgan fingerprint density at radius 3 is 2.41 bits per heavy atom. The van der Waals surface area contributed by atoms with Crippen molar-refractivity contribution in [3.63, 3.8) is 0 Å². The van der Waals surface area contributed by atoms with Gasteiger partial charge < -0.3 is 14.3 Å². The van der Waals surface area contributed by atoms with Crippen LogP contribution in [0.15, 0.2) is 16.7 Å². The highest BCUT2D eigenvalue weighted by Crippen LogP contribution is 2.32. The first-order chi connectivity index (χ1) is 8.00. The van der Waals surface area contributed by atoms with E-state index in [-0.39, 0.29) is 11.5 Å². The number of hydrogen-bond donors (Lipinski definition) is 3. The number of barbiturate groups is 1. The summed E-state index contributed by atoms with van der Waals surface area (Å²) in [4.78, 5) is 33.9. The van der Waals surface area contributed by atoms with Gasteiger partial charge in [-0.2, -0.15) is 0 Å². The largest absolute Gasteiger partial charge is 0.493 e. The molecule has 1 saturated heterocycles. The van der Waals surface area contributed by atoms with Crippen molar-refractivity contribution >= 4 is 17.8 Å². The number of furan rings is 1. The molecule has 8 nitrogen and oxygen atoms in total. The fourth-order valence-corrected chi connectivity index (χ4v) is 1.45. The lowest BCUT2D eigenvalue weighted by Crippen LogP contribution is -2.64. The fourth-order valence-electron chi connectivity index (χ4n) is 1.45. The molecular formula is C9H8N2O6. The van der Waals surface area contributed by atoms with Crippen LogP contribution in [0.25, 0.3) is 0 Å². The number of imide groups is 2. The van der Waals surface area contributed by atoms with Crippen molar-refractivity contribution in [2.75, 3.05) is 7.11 Å². The molecule has 8 heteroatoms. The molecule has 0 radical (unpaired) electrons. The third kappa shape index (κ3) is 1.46. The first kappa shape index (κ1) is 11.1. The molecule has 0 atom stereocenters. The van der Waals surface area contributed by atoms with Gasteiger partial charge in [0.05, 0.1) is 13.4 Å². The zero-order valence-electron chi connectivity index (χ0n) is 8.64. The fraction of sp³-hybridized carbons (Fsp3) is 0.222. The maximum absolute atomic E-state index is 11.5. The monoisotopic (exact) mass is 240 g/mol. The molecule has 90 valence electrons.